The van der Waals surface area contributed by atoms with Gasteiger partial charge in [-0.05, 0) is 6.42 Å². The standard InChI is InChI=1S/C13H22N2O2S/c1-4-5-6-9-15(2)13-14-11(10-18-13)7-8-12(16)17-3/h10H,4-9H2,1-3H3. The number of thiazole rings is 1. The van der Waals surface area contributed by atoms with Crippen molar-refractivity contribution in [1.29, 1.82) is 0 Å². The average Bonchev–Trinajstić information content (AvgIpc) is 2.85. The maximum atomic E-state index is 11.0. The van der Waals surface area contributed by atoms with Crippen LogP contribution in [0.25, 0.3) is 0 Å². The number of nitrogens with zero attached hydrogens (tertiary/aromatic N) is 2. The minimum absolute atomic E-state index is 0.180. The van der Waals surface area contributed by atoms with Crippen LogP contribution in [-0.4, -0.2) is 31.7 Å². The van der Waals surface area contributed by atoms with Gasteiger partial charge < -0.3 is 9.64 Å². The predicted molar refractivity (Wildman–Crippen MR) is 75.2 cm³/mol. The van der Waals surface area contributed by atoms with Gasteiger partial charge in [-0.15, -0.1) is 11.3 Å². The maximum absolute atomic E-state index is 11.0. The van der Waals surface area contributed by atoms with E-state index in [0.717, 1.165) is 17.4 Å². The van der Waals surface area contributed by atoms with Gasteiger partial charge in [-0.25, -0.2) is 4.98 Å². The van der Waals surface area contributed by atoms with Crippen molar-refractivity contribution in [3.63, 3.8) is 0 Å². The first kappa shape index (κ1) is 15.0. The van der Waals surface area contributed by atoms with Crippen molar-refractivity contribution >= 4 is 22.4 Å². The first-order valence-electron chi connectivity index (χ1n) is 6.39. The average molecular weight is 270 g/mol. The number of carbonyl (C=O) groups is 1. The molecular weight excluding hydrogens is 248 g/mol. The molecule has 0 aliphatic carbocycles. The zero-order chi connectivity index (χ0) is 13.4. The molecule has 1 aromatic rings. The fourth-order valence-corrected chi connectivity index (χ4v) is 2.47. The minimum Gasteiger partial charge on any atom is -0.469 e. The Bertz CT molecular complexity index is 366. The zero-order valence-corrected chi connectivity index (χ0v) is 12.3. The number of aryl methyl sites for hydroxylation is 1. The highest BCUT2D eigenvalue weighted by molar-refractivity contribution is 7.13. The highest BCUT2D eigenvalue weighted by atomic mass is 32.1. The molecule has 0 N–H and O–H groups in total. The van der Waals surface area contributed by atoms with Crippen LogP contribution in [0, 0.1) is 0 Å². The highest BCUT2D eigenvalue weighted by Gasteiger charge is 2.08. The summed E-state index contributed by atoms with van der Waals surface area (Å²) < 4.78 is 4.62. The second kappa shape index (κ2) is 8.08. The molecular formula is C13H22N2O2S. The van der Waals surface area contributed by atoms with Crippen molar-refractivity contribution in [3.05, 3.63) is 11.1 Å². The van der Waals surface area contributed by atoms with Gasteiger partial charge in [-0.1, -0.05) is 19.8 Å². The summed E-state index contributed by atoms with van der Waals surface area (Å²) in [6.07, 6.45) is 4.75. The quantitative estimate of drug-likeness (QED) is 0.538. The van der Waals surface area contributed by atoms with Gasteiger partial charge in [-0.3, -0.25) is 4.79 Å². The molecule has 0 aromatic carbocycles. The Morgan fingerprint density at radius 2 is 2.28 bits per heavy atom. The summed E-state index contributed by atoms with van der Waals surface area (Å²) >= 11 is 1.64. The Morgan fingerprint density at radius 1 is 1.50 bits per heavy atom. The van der Waals surface area contributed by atoms with Crippen LogP contribution >= 0.6 is 11.3 Å². The molecule has 1 rings (SSSR count). The molecule has 0 unspecified atom stereocenters. The molecule has 0 amide bonds. The molecule has 0 aliphatic heterocycles. The van der Waals surface area contributed by atoms with Gasteiger partial charge in [0.15, 0.2) is 5.13 Å². The van der Waals surface area contributed by atoms with Crippen molar-refractivity contribution in [1.82, 2.24) is 4.98 Å². The number of methoxy groups -OCH3 is 1. The van der Waals surface area contributed by atoms with Crippen LogP contribution in [0.1, 0.15) is 38.3 Å². The van der Waals surface area contributed by atoms with Gasteiger partial charge in [0.1, 0.15) is 0 Å². The van der Waals surface area contributed by atoms with Crippen LogP contribution in [0.2, 0.25) is 0 Å². The van der Waals surface area contributed by atoms with E-state index in [1.165, 1.54) is 26.4 Å². The Hall–Kier alpha value is -1.10. The maximum Gasteiger partial charge on any atom is 0.305 e. The van der Waals surface area contributed by atoms with Gasteiger partial charge in [-0.2, -0.15) is 0 Å². The molecule has 0 spiro atoms. The van der Waals surface area contributed by atoms with Crippen molar-refractivity contribution in [2.24, 2.45) is 0 Å². The topological polar surface area (TPSA) is 42.4 Å². The summed E-state index contributed by atoms with van der Waals surface area (Å²) in [7, 11) is 3.48. The third-order valence-corrected chi connectivity index (χ3v) is 3.78. The molecule has 0 saturated carbocycles. The Morgan fingerprint density at radius 3 is 2.94 bits per heavy atom. The molecule has 1 heterocycles. The summed E-state index contributed by atoms with van der Waals surface area (Å²) in [4.78, 5) is 17.8. The first-order chi connectivity index (χ1) is 8.67. The summed E-state index contributed by atoms with van der Waals surface area (Å²) in [6, 6.07) is 0. The molecule has 5 heteroatoms. The van der Waals surface area contributed by atoms with Crippen LogP contribution in [0.3, 0.4) is 0 Å². The smallest absolute Gasteiger partial charge is 0.305 e. The lowest BCUT2D eigenvalue weighted by molar-refractivity contribution is -0.140. The van der Waals surface area contributed by atoms with Crippen LogP contribution in [-0.2, 0) is 16.0 Å². The second-order valence-corrected chi connectivity index (χ2v) is 5.16. The summed E-state index contributed by atoms with van der Waals surface area (Å²) in [5.41, 5.74) is 0.975. The van der Waals surface area contributed by atoms with E-state index in [-0.39, 0.29) is 5.97 Å². The van der Waals surface area contributed by atoms with E-state index in [1.807, 2.05) is 5.38 Å². The van der Waals surface area contributed by atoms with Gasteiger partial charge in [0.25, 0.3) is 0 Å². The molecule has 0 fully saturated rings. The van der Waals surface area contributed by atoms with Gasteiger partial charge in [0.2, 0.25) is 0 Å². The Kier molecular flexibility index (Phi) is 6.72. The molecule has 102 valence electrons. The molecule has 1 aromatic heterocycles. The third-order valence-electron chi connectivity index (χ3n) is 2.78. The van der Waals surface area contributed by atoms with E-state index in [0.29, 0.717) is 12.8 Å². The molecule has 0 aliphatic rings. The number of ether oxygens (including phenoxy) is 1. The normalized spacial score (nSPS) is 10.4. The van der Waals surface area contributed by atoms with Crippen molar-refractivity contribution < 1.29 is 9.53 Å². The van der Waals surface area contributed by atoms with E-state index < -0.39 is 0 Å². The lowest BCUT2D eigenvalue weighted by atomic mass is 10.2. The van der Waals surface area contributed by atoms with E-state index >= 15 is 0 Å². The van der Waals surface area contributed by atoms with Crippen molar-refractivity contribution in [3.8, 4) is 0 Å². The molecule has 18 heavy (non-hydrogen) atoms. The molecule has 4 nitrogen and oxygen atoms in total. The van der Waals surface area contributed by atoms with E-state index in [9.17, 15) is 4.79 Å². The van der Waals surface area contributed by atoms with Crippen molar-refractivity contribution in [2.75, 3.05) is 25.6 Å². The van der Waals surface area contributed by atoms with Gasteiger partial charge in [0, 0.05) is 25.4 Å². The number of anilines is 1. The summed E-state index contributed by atoms with van der Waals surface area (Å²) in [5.74, 6) is -0.180. The Labute approximate surface area is 113 Å². The number of hydrogen-bond donors (Lipinski definition) is 0. The Balaban J connectivity index is 2.39. The molecule has 0 radical (unpaired) electrons. The predicted octanol–water partition coefficient (Wildman–Crippen LogP) is 2.88. The lowest BCUT2D eigenvalue weighted by Crippen LogP contribution is -2.18. The third kappa shape index (κ3) is 5.04. The van der Waals surface area contributed by atoms with Crippen LogP contribution in [0.15, 0.2) is 5.38 Å². The number of hydrogen-bond acceptors (Lipinski definition) is 5. The molecule has 0 atom stereocenters. The number of aromatic nitrogens is 1. The molecule has 0 saturated heterocycles. The number of rotatable bonds is 8. The summed E-state index contributed by atoms with van der Waals surface area (Å²) in [6.45, 7) is 3.24. The fourth-order valence-electron chi connectivity index (χ4n) is 1.61. The first-order valence-corrected chi connectivity index (χ1v) is 7.27. The summed E-state index contributed by atoms with van der Waals surface area (Å²) in [5, 5.41) is 3.06. The SMILES string of the molecule is CCCCCN(C)c1nc(CCC(=O)OC)cs1. The largest absolute Gasteiger partial charge is 0.469 e. The van der Waals surface area contributed by atoms with Crippen LogP contribution < -0.4 is 4.90 Å². The van der Waals surface area contributed by atoms with E-state index in [1.54, 1.807) is 11.3 Å². The molecule has 0 bridgehead atoms. The van der Waals surface area contributed by atoms with Crippen LogP contribution in [0.4, 0.5) is 5.13 Å². The monoisotopic (exact) mass is 270 g/mol. The van der Waals surface area contributed by atoms with Crippen LogP contribution in [0.5, 0.6) is 0 Å². The van der Waals surface area contributed by atoms with Gasteiger partial charge in [0.05, 0.1) is 19.2 Å². The number of carbonyl (C=O) groups excluding carboxylic acids is 1. The van der Waals surface area contributed by atoms with E-state index in [2.05, 4.69) is 28.6 Å². The second-order valence-electron chi connectivity index (χ2n) is 4.33. The zero-order valence-electron chi connectivity index (χ0n) is 11.4. The lowest BCUT2D eigenvalue weighted by Gasteiger charge is -2.14. The van der Waals surface area contributed by atoms with Gasteiger partial charge >= 0.3 is 5.97 Å². The number of esters is 1. The number of unbranched alkanes of at least 4 members (excludes halogenated alkanes) is 2. The van der Waals surface area contributed by atoms with Crippen molar-refractivity contribution in [2.45, 2.75) is 39.0 Å². The van der Waals surface area contributed by atoms with E-state index in [4.69, 9.17) is 0 Å². The minimum atomic E-state index is -0.180. The fraction of sp³-hybridized carbons (Fsp3) is 0.692. The highest BCUT2D eigenvalue weighted by Crippen LogP contribution is 2.20.